The van der Waals surface area contributed by atoms with E-state index in [2.05, 4.69) is 56.0 Å². The molecule has 2 aromatic rings. The highest BCUT2D eigenvalue weighted by molar-refractivity contribution is 7.98. The predicted molar refractivity (Wildman–Crippen MR) is 124 cm³/mol. The molecule has 8 nitrogen and oxygen atoms in total. The van der Waals surface area contributed by atoms with Crippen LogP contribution in [0.15, 0.2) is 30.3 Å². The quantitative estimate of drug-likeness (QED) is 0.638. The molecule has 0 saturated carbocycles. The second-order valence-corrected chi connectivity index (χ2v) is 9.39. The van der Waals surface area contributed by atoms with Crippen molar-refractivity contribution >= 4 is 23.4 Å². The smallest absolute Gasteiger partial charge is 0.247 e. The molecule has 31 heavy (non-hydrogen) atoms. The molecular formula is C22H33N7OS. The number of anilines is 1. The van der Waals surface area contributed by atoms with E-state index in [0.29, 0.717) is 6.67 Å². The van der Waals surface area contributed by atoms with E-state index < -0.39 is 5.54 Å². The van der Waals surface area contributed by atoms with Gasteiger partial charge >= 0.3 is 0 Å². The van der Waals surface area contributed by atoms with E-state index in [1.165, 1.54) is 0 Å². The number of piperidine rings is 1. The monoisotopic (exact) mass is 443 g/mol. The molecule has 9 heteroatoms. The number of carbonyl (C=O) groups excluding carboxylic acids is 1. The minimum atomic E-state index is -0.462. The first-order chi connectivity index (χ1) is 15.2. The summed E-state index contributed by atoms with van der Waals surface area (Å²) in [5.74, 6) is 2.18. The number of carbonyl (C=O) groups is 1. The van der Waals surface area contributed by atoms with Crippen LogP contribution in [-0.4, -0.2) is 68.3 Å². The lowest BCUT2D eigenvalue weighted by atomic mass is 9.85. The van der Waals surface area contributed by atoms with Crippen molar-refractivity contribution < 1.29 is 4.79 Å². The topological polar surface area (TPSA) is 79.2 Å². The number of nitrogens with one attached hydrogen (secondary N) is 1. The molecule has 4 rings (SSSR count). The van der Waals surface area contributed by atoms with Gasteiger partial charge in [0, 0.05) is 25.3 Å². The number of nitrogens with zero attached hydrogens (tertiary/aromatic N) is 6. The Morgan fingerprint density at radius 3 is 2.71 bits per heavy atom. The Balaban J connectivity index is 1.52. The van der Waals surface area contributed by atoms with Crippen LogP contribution in [0.3, 0.4) is 0 Å². The summed E-state index contributed by atoms with van der Waals surface area (Å²) in [6.45, 7) is 5.34. The van der Waals surface area contributed by atoms with Gasteiger partial charge in [-0.3, -0.25) is 9.69 Å². The van der Waals surface area contributed by atoms with Gasteiger partial charge in [0.05, 0.1) is 12.7 Å². The molecule has 1 aromatic heterocycles. The molecule has 1 amide bonds. The molecule has 0 aliphatic carbocycles. The van der Waals surface area contributed by atoms with Gasteiger partial charge in [-0.05, 0) is 60.3 Å². The van der Waals surface area contributed by atoms with Crippen LogP contribution in [0.25, 0.3) is 0 Å². The van der Waals surface area contributed by atoms with Gasteiger partial charge in [0.1, 0.15) is 5.54 Å². The van der Waals surface area contributed by atoms with Crippen LogP contribution >= 0.6 is 11.8 Å². The number of tetrazole rings is 1. The highest BCUT2D eigenvalue weighted by atomic mass is 32.2. The second-order valence-electron chi connectivity index (χ2n) is 8.41. The summed E-state index contributed by atoms with van der Waals surface area (Å²) in [5, 5.41) is 15.8. The molecule has 1 unspecified atom stereocenters. The lowest BCUT2D eigenvalue weighted by Crippen LogP contribution is -2.57. The van der Waals surface area contributed by atoms with Gasteiger partial charge < -0.3 is 10.2 Å². The molecule has 2 aliphatic rings. The molecule has 2 fully saturated rings. The van der Waals surface area contributed by atoms with Crippen molar-refractivity contribution in [1.82, 2.24) is 30.4 Å². The number of amides is 1. The molecule has 2 saturated heterocycles. The highest BCUT2D eigenvalue weighted by Gasteiger charge is 2.51. The lowest BCUT2D eigenvalue weighted by molar-refractivity contribution is -0.125. The molecule has 2 aliphatic heterocycles. The first-order valence-corrected chi connectivity index (χ1v) is 12.7. The fourth-order valence-electron chi connectivity index (χ4n) is 4.86. The summed E-state index contributed by atoms with van der Waals surface area (Å²) in [7, 11) is 0. The maximum absolute atomic E-state index is 13.0. The largest absolute Gasteiger partial charge is 0.339 e. The number of hydrogen-bond acceptors (Lipinski definition) is 7. The lowest BCUT2D eigenvalue weighted by Gasteiger charge is -2.45. The Morgan fingerprint density at radius 2 is 2.00 bits per heavy atom. The molecule has 3 heterocycles. The van der Waals surface area contributed by atoms with Gasteiger partial charge in [0.25, 0.3) is 0 Å². The van der Waals surface area contributed by atoms with E-state index >= 15 is 0 Å². The van der Waals surface area contributed by atoms with Crippen molar-refractivity contribution in [3.63, 3.8) is 0 Å². The normalized spacial score (nSPS) is 19.7. The van der Waals surface area contributed by atoms with Gasteiger partial charge in [-0.15, -0.1) is 5.10 Å². The van der Waals surface area contributed by atoms with Gasteiger partial charge in [-0.1, -0.05) is 31.5 Å². The van der Waals surface area contributed by atoms with E-state index in [1.54, 1.807) is 0 Å². The summed E-state index contributed by atoms with van der Waals surface area (Å²) in [5.41, 5.74) is 0.646. The Kier molecular flexibility index (Phi) is 7.12. The van der Waals surface area contributed by atoms with Crippen molar-refractivity contribution in [3.8, 4) is 0 Å². The number of aromatic nitrogens is 4. The Hall–Kier alpha value is -2.13. The van der Waals surface area contributed by atoms with Gasteiger partial charge in [-0.25, -0.2) is 4.68 Å². The van der Waals surface area contributed by atoms with Crippen molar-refractivity contribution in [2.24, 2.45) is 0 Å². The molecule has 168 valence electrons. The van der Waals surface area contributed by atoms with E-state index in [9.17, 15) is 4.79 Å². The van der Waals surface area contributed by atoms with Crippen molar-refractivity contribution in [1.29, 1.82) is 0 Å². The number of para-hydroxylation sites is 1. The van der Waals surface area contributed by atoms with Crippen LogP contribution in [0.1, 0.15) is 50.9 Å². The Morgan fingerprint density at radius 1 is 1.23 bits per heavy atom. The van der Waals surface area contributed by atoms with Gasteiger partial charge in [-0.2, -0.15) is 11.8 Å². The molecule has 1 atom stereocenters. The number of unbranched alkanes of at least 4 members (excludes halogenated alkanes) is 1. The first kappa shape index (κ1) is 22.1. The number of thioether (sulfide) groups is 1. The molecule has 1 N–H and O–H groups in total. The number of aryl methyl sites for hydroxylation is 1. The second kappa shape index (κ2) is 9.99. The highest BCUT2D eigenvalue weighted by Crippen LogP contribution is 2.38. The van der Waals surface area contributed by atoms with E-state index in [-0.39, 0.29) is 11.9 Å². The average Bonchev–Trinajstić information content (AvgIpc) is 3.39. The van der Waals surface area contributed by atoms with Gasteiger partial charge in [0.15, 0.2) is 5.82 Å². The maximum Gasteiger partial charge on any atom is 0.247 e. The molecule has 1 aromatic carbocycles. The van der Waals surface area contributed by atoms with Crippen LogP contribution in [0.2, 0.25) is 0 Å². The molecular weight excluding hydrogens is 410 g/mol. The number of hydrogen-bond donors (Lipinski definition) is 1. The fourth-order valence-corrected chi connectivity index (χ4v) is 5.32. The minimum absolute atomic E-state index is 0.157. The number of likely N-dealkylation sites (tertiary alicyclic amines) is 1. The summed E-state index contributed by atoms with van der Waals surface area (Å²) < 4.78 is 1.98. The maximum atomic E-state index is 13.0. The van der Waals surface area contributed by atoms with Gasteiger partial charge in [0.2, 0.25) is 5.91 Å². The average molecular weight is 444 g/mol. The van der Waals surface area contributed by atoms with Crippen molar-refractivity contribution in [2.75, 3.05) is 36.7 Å². The van der Waals surface area contributed by atoms with E-state index in [4.69, 9.17) is 0 Å². The zero-order valence-corrected chi connectivity index (χ0v) is 19.4. The third kappa shape index (κ3) is 4.43. The van der Waals surface area contributed by atoms with E-state index in [1.807, 2.05) is 34.6 Å². The Bertz CT molecular complexity index is 851. The number of benzene rings is 1. The summed E-state index contributed by atoms with van der Waals surface area (Å²) >= 11 is 1.85. The van der Waals surface area contributed by atoms with Crippen molar-refractivity contribution in [3.05, 3.63) is 36.2 Å². The Labute approximate surface area is 188 Å². The van der Waals surface area contributed by atoms with Crippen LogP contribution in [-0.2, 0) is 11.3 Å². The molecule has 0 radical (unpaired) electrons. The summed E-state index contributed by atoms with van der Waals surface area (Å²) in [6, 6.07) is 10.5. The third-order valence-electron chi connectivity index (χ3n) is 6.65. The SMILES string of the molecule is CCCCn1nnnc1C(CCSC)N1CCC2(CC1)C(=O)NCN2c1ccccc1. The zero-order valence-electron chi connectivity index (χ0n) is 18.5. The van der Waals surface area contributed by atoms with Crippen LogP contribution in [0, 0.1) is 0 Å². The summed E-state index contributed by atoms with van der Waals surface area (Å²) in [4.78, 5) is 17.7. The molecule has 1 spiro atoms. The van der Waals surface area contributed by atoms with Crippen LogP contribution < -0.4 is 10.2 Å². The zero-order chi connectivity index (χ0) is 21.7. The van der Waals surface area contributed by atoms with Crippen LogP contribution in [0.4, 0.5) is 5.69 Å². The summed E-state index contributed by atoms with van der Waals surface area (Å²) in [6.07, 6.45) is 6.95. The number of rotatable bonds is 9. The fraction of sp³-hybridized carbons (Fsp3) is 0.636. The van der Waals surface area contributed by atoms with Crippen molar-refractivity contribution in [2.45, 2.75) is 57.2 Å². The minimum Gasteiger partial charge on any atom is -0.339 e. The first-order valence-electron chi connectivity index (χ1n) is 11.3. The van der Waals surface area contributed by atoms with Crippen LogP contribution in [0.5, 0.6) is 0 Å². The molecule has 0 bridgehead atoms. The predicted octanol–water partition coefficient (Wildman–Crippen LogP) is 2.70. The standard InChI is InChI=1S/C22H33N7OS/c1-3-4-13-29-20(24-25-26-29)19(10-16-31-2)27-14-11-22(12-15-27)21(30)23-17-28(22)18-8-6-5-7-9-18/h5-9,19H,3-4,10-17H2,1-2H3,(H,23,30). The van der Waals surface area contributed by atoms with E-state index in [0.717, 1.165) is 69.0 Å². The third-order valence-corrected chi connectivity index (χ3v) is 7.29.